The molecule has 1 aromatic carbocycles. The van der Waals surface area contributed by atoms with Crippen molar-refractivity contribution in [2.45, 2.75) is 31.6 Å². The number of carbonyl (C=O) groups is 1. The highest BCUT2D eigenvalue weighted by molar-refractivity contribution is 7.89. The molecule has 6 heteroatoms. The number of sulfonamides is 1. The topological polar surface area (TPSA) is 74.7 Å². The summed E-state index contributed by atoms with van der Waals surface area (Å²) >= 11 is 0. The third-order valence-corrected chi connectivity index (χ3v) is 4.98. The number of aromatic carboxylic acids is 1. The van der Waals surface area contributed by atoms with Crippen LogP contribution in [0.1, 0.15) is 36.2 Å². The molecule has 0 aliphatic carbocycles. The van der Waals surface area contributed by atoms with Gasteiger partial charge in [0.25, 0.3) is 0 Å². The number of nitrogens with zero attached hydrogens (tertiary/aromatic N) is 1. The minimum Gasteiger partial charge on any atom is -0.478 e. The van der Waals surface area contributed by atoms with Crippen molar-refractivity contribution in [1.82, 2.24) is 4.31 Å². The van der Waals surface area contributed by atoms with Gasteiger partial charge in [-0.1, -0.05) is 25.8 Å². The normalized spacial score (nSPS) is 11.3. The first-order valence-electron chi connectivity index (χ1n) is 6.68. The van der Waals surface area contributed by atoms with Gasteiger partial charge in [0, 0.05) is 6.54 Å². The first kappa shape index (κ1) is 17.2. The molecule has 0 amide bonds. The highest BCUT2D eigenvalue weighted by Crippen LogP contribution is 2.23. The van der Waals surface area contributed by atoms with Crippen molar-refractivity contribution in [2.24, 2.45) is 0 Å². The summed E-state index contributed by atoms with van der Waals surface area (Å²) in [5, 5.41) is 9.04. The van der Waals surface area contributed by atoms with Gasteiger partial charge in [-0.15, -0.1) is 6.42 Å². The van der Waals surface area contributed by atoms with Crippen molar-refractivity contribution in [3.05, 3.63) is 29.3 Å². The molecular formula is C15H19NO4S. The zero-order valence-corrected chi connectivity index (χ0v) is 13.0. The number of aryl methyl sites for hydroxylation is 1. The molecule has 114 valence electrons. The lowest BCUT2D eigenvalue weighted by molar-refractivity contribution is 0.0696. The average molecular weight is 309 g/mol. The summed E-state index contributed by atoms with van der Waals surface area (Å²) in [6.45, 7) is 3.94. The van der Waals surface area contributed by atoms with E-state index in [4.69, 9.17) is 11.5 Å². The van der Waals surface area contributed by atoms with E-state index in [0.29, 0.717) is 24.9 Å². The van der Waals surface area contributed by atoms with Crippen LogP contribution in [-0.4, -0.2) is 36.9 Å². The van der Waals surface area contributed by atoms with Gasteiger partial charge in [-0.05, 0) is 30.5 Å². The fraction of sp³-hybridized carbons (Fsp3) is 0.400. The quantitative estimate of drug-likeness (QED) is 0.782. The van der Waals surface area contributed by atoms with Crippen LogP contribution in [0.15, 0.2) is 23.1 Å². The lowest BCUT2D eigenvalue weighted by Crippen LogP contribution is -2.33. The number of carboxylic acid groups (broad SMARTS) is 1. The SMILES string of the molecule is C#CCN(CCC)S(=O)(=O)c1cc(C(=O)O)ccc1CC. The predicted molar refractivity (Wildman–Crippen MR) is 80.7 cm³/mol. The van der Waals surface area contributed by atoms with Gasteiger partial charge in [-0.25, -0.2) is 13.2 Å². The molecule has 0 saturated heterocycles. The van der Waals surface area contributed by atoms with Crippen LogP contribution in [0.25, 0.3) is 0 Å². The van der Waals surface area contributed by atoms with Crippen LogP contribution in [-0.2, 0) is 16.4 Å². The van der Waals surface area contributed by atoms with Crippen LogP contribution in [0, 0.1) is 12.3 Å². The number of hydrogen-bond donors (Lipinski definition) is 1. The van der Waals surface area contributed by atoms with E-state index in [1.165, 1.54) is 22.5 Å². The summed E-state index contributed by atoms with van der Waals surface area (Å²) in [6, 6.07) is 4.15. The molecule has 1 N–H and O–H groups in total. The van der Waals surface area contributed by atoms with Crippen LogP contribution >= 0.6 is 0 Å². The van der Waals surface area contributed by atoms with Gasteiger partial charge in [0.05, 0.1) is 17.0 Å². The van der Waals surface area contributed by atoms with Crippen LogP contribution in [0.2, 0.25) is 0 Å². The molecule has 0 fully saturated rings. The zero-order valence-electron chi connectivity index (χ0n) is 12.2. The Balaban J connectivity index is 3.43. The second kappa shape index (κ2) is 7.25. The smallest absolute Gasteiger partial charge is 0.335 e. The molecule has 0 heterocycles. The van der Waals surface area contributed by atoms with Crippen molar-refractivity contribution in [2.75, 3.05) is 13.1 Å². The van der Waals surface area contributed by atoms with Crippen LogP contribution in [0.5, 0.6) is 0 Å². The highest BCUT2D eigenvalue weighted by Gasteiger charge is 2.26. The Morgan fingerprint density at radius 3 is 2.52 bits per heavy atom. The summed E-state index contributed by atoms with van der Waals surface area (Å²) in [6.07, 6.45) is 6.35. The molecule has 0 unspecified atom stereocenters. The molecule has 5 nitrogen and oxygen atoms in total. The maximum atomic E-state index is 12.7. The Morgan fingerprint density at radius 2 is 2.05 bits per heavy atom. The first-order chi connectivity index (χ1) is 9.88. The molecule has 0 bridgehead atoms. The van der Waals surface area contributed by atoms with Crippen molar-refractivity contribution in [3.63, 3.8) is 0 Å². The Morgan fingerprint density at radius 1 is 1.38 bits per heavy atom. The minimum absolute atomic E-state index is 0.0219. The van der Waals surface area contributed by atoms with E-state index in [0.717, 1.165) is 0 Å². The highest BCUT2D eigenvalue weighted by atomic mass is 32.2. The van der Waals surface area contributed by atoms with E-state index in [-0.39, 0.29) is 17.0 Å². The van der Waals surface area contributed by atoms with Gasteiger partial charge in [0.1, 0.15) is 0 Å². The minimum atomic E-state index is -3.80. The van der Waals surface area contributed by atoms with Crippen LogP contribution < -0.4 is 0 Å². The summed E-state index contributed by atoms with van der Waals surface area (Å²) in [5.41, 5.74) is 0.529. The number of rotatable bonds is 7. The van der Waals surface area contributed by atoms with Gasteiger partial charge >= 0.3 is 5.97 Å². The van der Waals surface area contributed by atoms with Crippen molar-refractivity contribution in [1.29, 1.82) is 0 Å². The summed E-state index contributed by atoms with van der Waals surface area (Å²) in [7, 11) is -3.80. The van der Waals surface area contributed by atoms with Crippen LogP contribution in [0.4, 0.5) is 0 Å². The molecular weight excluding hydrogens is 290 g/mol. The van der Waals surface area contributed by atoms with E-state index < -0.39 is 16.0 Å². The summed E-state index contributed by atoms with van der Waals surface area (Å²) in [4.78, 5) is 11.1. The number of terminal acetylenes is 1. The second-order valence-corrected chi connectivity index (χ2v) is 6.43. The standard InChI is InChI=1S/C15H19NO4S/c1-4-9-16(10-5-2)21(19,20)14-11-13(15(17)18)8-7-12(14)6-3/h1,7-8,11H,5-6,9-10H2,2-3H3,(H,17,18). The Bertz CT molecular complexity index is 659. The van der Waals surface area contributed by atoms with E-state index >= 15 is 0 Å². The zero-order chi connectivity index (χ0) is 16.0. The lowest BCUT2D eigenvalue weighted by Gasteiger charge is -2.21. The van der Waals surface area contributed by atoms with Gasteiger partial charge in [0.15, 0.2) is 0 Å². The maximum Gasteiger partial charge on any atom is 0.335 e. The molecule has 0 aliphatic heterocycles. The third kappa shape index (κ3) is 3.84. The Labute approximate surface area is 125 Å². The fourth-order valence-electron chi connectivity index (χ4n) is 1.99. The molecule has 0 radical (unpaired) electrons. The second-order valence-electron chi connectivity index (χ2n) is 4.52. The van der Waals surface area contributed by atoms with E-state index in [1.54, 1.807) is 0 Å². The van der Waals surface area contributed by atoms with Crippen molar-refractivity contribution >= 4 is 16.0 Å². The monoisotopic (exact) mass is 309 g/mol. The van der Waals surface area contributed by atoms with E-state index in [1.807, 2.05) is 13.8 Å². The fourth-order valence-corrected chi connectivity index (χ4v) is 3.76. The van der Waals surface area contributed by atoms with E-state index in [2.05, 4.69) is 5.92 Å². The van der Waals surface area contributed by atoms with Gasteiger partial charge < -0.3 is 5.11 Å². The Kier molecular flexibility index (Phi) is 5.94. The van der Waals surface area contributed by atoms with Crippen LogP contribution in [0.3, 0.4) is 0 Å². The van der Waals surface area contributed by atoms with Gasteiger partial charge in [-0.3, -0.25) is 0 Å². The molecule has 21 heavy (non-hydrogen) atoms. The molecule has 0 atom stereocenters. The largest absolute Gasteiger partial charge is 0.478 e. The molecule has 0 saturated carbocycles. The maximum absolute atomic E-state index is 12.7. The molecule has 0 aromatic heterocycles. The van der Waals surface area contributed by atoms with Gasteiger partial charge in [-0.2, -0.15) is 4.31 Å². The predicted octanol–water partition coefficient (Wildman–Crippen LogP) is 1.98. The number of benzene rings is 1. The number of carboxylic acids is 1. The van der Waals surface area contributed by atoms with Crippen molar-refractivity contribution in [3.8, 4) is 12.3 Å². The first-order valence-corrected chi connectivity index (χ1v) is 8.12. The number of hydrogen-bond acceptors (Lipinski definition) is 3. The lowest BCUT2D eigenvalue weighted by atomic mass is 10.1. The molecule has 1 aromatic rings. The molecule has 0 spiro atoms. The summed E-state index contributed by atoms with van der Waals surface area (Å²) in [5.74, 6) is 1.17. The van der Waals surface area contributed by atoms with E-state index in [9.17, 15) is 13.2 Å². The van der Waals surface area contributed by atoms with Gasteiger partial charge in [0.2, 0.25) is 10.0 Å². The molecule has 1 rings (SSSR count). The summed E-state index contributed by atoms with van der Waals surface area (Å²) < 4.78 is 26.6. The van der Waals surface area contributed by atoms with Crippen molar-refractivity contribution < 1.29 is 18.3 Å². The molecule has 0 aliphatic rings. The average Bonchev–Trinajstić information content (AvgIpc) is 2.46. The third-order valence-electron chi connectivity index (χ3n) is 3.05. The Hall–Kier alpha value is -1.84.